The second-order valence-corrected chi connectivity index (χ2v) is 7.29. The predicted octanol–water partition coefficient (Wildman–Crippen LogP) is 2.58. The first-order valence-corrected chi connectivity index (χ1v) is 10.4. The van der Waals surface area contributed by atoms with Crippen molar-refractivity contribution in [1.82, 2.24) is 15.6 Å². The minimum atomic E-state index is -0.0600. The van der Waals surface area contributed by atoms with Gasteiger partial charge >= 0.3 is 0 Å². The molecule has 2 aliphatic heterocycles. The van der Waals surface area contributed by atoms with Crippen molar-refractivity contribution in [1.29, 1.82) is 0 Å². The van der Waals surface area contributed by atoms with Gasteiger partial charge in [0.05, 0.1) is 13.1 Å². The molecule has 1 aromatic heterocycles. The van der Waals surface area contributed by atoms with E-state index in [4.69, 9.17) is 9.47 Å². The van der Waals surface area contributed by atoms with Gasteiger partial charge in [-0.2, -0.15) is 0 Å². The lowest BCUT2D eigenvalue weighted by molar-refractivity contribution is 0.0936. The number of ether oxygens (including phenoxy) is 2. The van der Waals surface area contributed by atoms with Gasteiger partial charge < -0.3 is 25.0 Å². The van der Waals surface area contributed by atoms with Gasteiger partial charge in [-0.15, -0.1) is 0 Å². The molecular formula is C22H29N5O2. The zero-order valence-corrected chi connectivity index (χ0v) is 16.9. The van der Waals surface area contributed by atoms with E-state index in [0.29, 0.717) is 19.7 Å². The van der Waals surface area contributed by atoms with E-state index in [0.717, 1.165) is 48.5 Å². The highest BCUT2D eigenvalue weighted by molar-refractivity contribution is 5.79. The Morgan fingerprint density at radius 1 is 1.14 bits per heavy atom. The minimum Gasteiger partial charge on any atom is -0.486 e. The SMILES string of the molecule is CCNC(=NCc1ccc(N2CCCC2)nc1)NCC1COc2ccccc2O1. The minimum absolute atomic E-state index is 0.0600. The van der Waals surface area contributed by atoms with Gasteiger partial charge in [0, 0.05) is 25.8 Å². The number of guanidine groups is 1. The second kappa shape index (κ2) is 9.49. The van der Waals surface area contributed by atoms with E-state index in [9.17, 15) is 0 Å². The topological polar surface area (TPSA) is 71.0 Å². The molecule has 0 aliphatic carbocycles. The monoisotopic (exact) mass is 395 g/mol. The quantitative estimate of drug-likeness (QED) is 0.579. The number of nitrogens with zero attached hydrogens (tertiary/aromatic N) is 3. The van der Waals surface area contributed by atoms with Crippen LogP contribution in [0.4, 0.5) is 5.82 Å². The van der Waals surface area contributed by atoms with E-state index < -0.39 is 0 Å². The Bertz CT molecular complexity index is 818. The predicted molar refractivity (Wildman–Crippen MR) is 115 cm³/mol. The average molecular weight is 396 g/mol. The van der Waals surface area contributed by atoms with E-state index in [1.807, 2.05) is 30.5 Å². The number of rotatable bonds is 6. The fourth-order valence-corrected chi connectivity index (χ4v) is 3.53. The Balaban J connectivity index is 1.31. The van der Waals surface area contributed by atoms with Gasteiger partial charge in [-0.25, -0.2) is 9.98 Å². The number of hydrogen-bond acceptors (Lipinski definition) is 5. The van der Waals surface area contributed by atoms with Crippen LogP contribution in [0.5, 0.6) is 11.5 Å². The Hall–Kier alpha value is -2.96. The number of anilines is 1. The van der Waals surface area contributed by atoms with Crippen LogP contribution in [0.1, 0.15) is 25.3 Å². The van der Waals surface area contributed by atoms with E-state index in [-0.39, 0.29) is 6.10 Å². The van der Waals surface area contributed by atoms with Crippen LogP contribution in [0.2, 0.25) is 0 Å². The largest absolute Gasteiger partial charge is 0.486 e. The van der Waals surface area contributed by atoms with Crippen LogP contribution in [-0.2, 0) is 6.54 Å². The van der Waals surface area contributed by atoms with E-state index >= 15 is 0 Å². The van der Waals surface area contributed by atoms with Crippen LogP contribution in [0.15, 0.2) is 47.6 Å². The molecule has 4 rings (SSSR count). The number of aromatic nitrogens is 1. The molecule has 1 saturated heterocycles. The standard InChI is InChI=1S/C22H29N5O2/c1-2-23-22(26-15-18-16-28-19-7-3-4-8-20(19)29-18)25-14-17-9-10-21(24-13-17)27-11-5-6-12-27/h3-4,7-10,13,18H,2,5-6,11-12,14-16H2,1H3,(H2,23,25,26). The summed E-state index contributed by atoms with van der Waals surface area (Å²) in [6, 6.07) is 12.0. The van der Waals surface area contributed by atoms with Crippen LogP contribution >= 0.6 is 0 Å². The van der Waals surface area contributed by atoms with Crippen LogP contribution in [0.3, 0.4) is 0 Å². The van der Waals surface area contributed by atoms with Crippen molar-refractivity contribution in [2.45, 2.75) is 32.4 Å². The van der Waals surface area contributed by atoms with Gasteiger partial charge in [0.25, 0.3) is 0 Å². The second-order valence-electron chi connectivity index (χ2n) is 7.29. The molecule has 0 bridgehead atoms. The highest BCUT2D eigenvalue weighted by atomic mass is 16.6. The molecule has 0 saturated carbocycles. The number of nitrogens with one attached hydrogen (secondary N) is 2. The van der Waals surface area contributed by atoms with E-state index in [1.165, 1.54) is 12.8 Å². The summed E-state index contributed by atoms with van der Waals surface area (Å²) in [6.45, 7) is 6.78. The lowest BCUT2D eigenvalue weighted by Crippen LogP contribution is -2.45. The molecule has 7 heteroatoms. The molecule has 1 unspecified atom stereocenters. The highest BCUT2D eigenvalue weighted by Crippen LogP contribution is 2.30. The highest BCUT2D eigenvalue weighted by Gasteiger charge is 2.20. The summed E-state index contributed by atoms with van der Waals surface area (Å²) in [5.41, 5.74) is 1.09. The van der Waals surface area contributed by atoms with Crippen molar-refractivity contribution in [2.75, 3.05) is 37.7 Å². The van der Waals surface area contributed by atoms with Crippen molar-refractivity contribution in [2.24, 2.45) is 4.99 Å². The van der Waals surface area contributed by atoms with Gasteiger partial charge in [-0.05, 0) is 43.5 Å². The number of hydrogen-bond donors (Lipinski definition) is 2. The number of fused-ring (bicyclic) bond motifs is 1. The zero-order chi connectivity index (χ0) is 19.9. The van der Waals surface area contributed by atoms with E-state index in [1.54, 1.807) is 0 Å². The fraction of sp³-hybridized carbons (Fsp3) is 0.455. The molecule has 29 heavy (non-hydrogen) atoms. The third-order valence-electron chi connectivity index (χ3n) is 5.07. The Labute approximate surface area is 172 Å². The third kappa shape index (κ3) is 5.10. The van der Waals surface area contributed by atoms with Crippen LogP contribution < -0.4 is 25.0 Å². The number of benzene rings is 1. The summed E-state index contributed by atoms with van der Waals surface area (Å²) in [4.78, 5) is 11.6. The summed E-state index contributed by atoms with van der Waals surface area (Å²) >= 11 is 0. The van der Waals surface area contributed by atoms with Gasteiger partial charge in [-0.3, -0.25) is 0 Å². The van der Waals surface area contributed by atoms with Crippen LogP contribution in [0, 0.1) is 0 Å². The Kier molecular flexibility index (Phi) is 6.34. The van der Waals surface area contributed by atoms with E-state index in [2.05, 4.69) is 44.6 Å². The summed E-state index contributed by atoms with van der Waals surface area (Å²) in [5, 5.41) is 6.63. The summed E-state index contributed by atoms with van der Waals surface area (Å²) in [6.07, 6.45) is 4.38. The molecule has 154 valence electrons. The van der Waals surface area contributed by atoms with Crippen molar-refractivity contribution in [3.05, 3.63) is 48.2 Å². The average Bonchev–Trinajstić information content (AvgIpc) is 3.31. The van der Waals surface area contributed by atoms with Crippen molar-refractivity contribution < 1.29 is 9.47 Å². The van der Waals surface area contributed by atoms with Crippen LogP contribution in [0.25, 0.3) is 0 Å². The summed E-state index contributed by atoms with van der Waals surface area (Å²) < 4.78 is 11.8. The van der Waals surface area contributed by atoms with Crippen LogP contribution in [-0.4, -0.2) is 49.8 Å². The molecular weight excluding hydrogens is 366 g/mol. The molecule has 1 aromatic carbocycles. The summed E-state index contributed by atoms with van der Waals surface area (Å²) in [7, 11) is 0. The number of aliphatic imine (C=N–C) groups is 1. The molecule has 2 aromatic rings. The van der Waals surface area contributed by atoms with Crippen molar-refractivity contribution in [3.63, 3.8) is 0 Å². The molecule has 7 nitrogen and oxygen atoms in total. The number of para-hydroxylation sites is 2. The smallest absolute Gasteiger partial charge is 0.191 e. The molecule has 3 heterocycles. The summed E-state index contributed by atoms with van der Waals surface area (Å²) in [5.74, 6) is 3.42. The lowest BCUT2D eigenvalue weighted by atomic mass is 10.2. The molecule has 1 fully saturated rings. The van der Waals surface area contributed by atoms with Gasteiger partial charge in [-0.1, -0.05) is 18.2 Å². The van der Waals surface area contributed by atoms with Crippen molar-refractivity contribution >= 4 is 11.8 Å². The third-order valence-corrected chi connectivity index (χ3v) is 5.07. The molecule has 2 aliphatic rings. The maximum Gasteiger partial charge on any atom is 0.191 e. The molecule has 0 amide bonds. The maximum atomic E-state index is 6.00. The first-order chi connectivity index (χ1) is 14.3. The fourth-order valence-electron chi connectivity index (χ4n) is 3.53. The number of pyridine rings is 1. The lowest BCUT2D eigenvalue weighted by Gasteiger charge is -2.27. The first-order valence-electron chi connectivity index (χ1n) is 10.4. The van der Waals surface area contributed by atoms with Gasteiger partial charge in [0.15, 0.2) is 17.5 Å². The zero-order valence-electron chi connectivity index (χ0n) is 16.9. The van der Waals surface area contributed by atoms with Crippen molar-refractivity contribution in [3.8, 4) is 11.5 Å². The Morgan fingerprint density at radius 2 is 1.97 bits per heavy atom. The first kappa shape index (κ1) is 19.4. The Morgan fingerprint density at radius 3 is 2.72 bits per heavy atom. The molecule has 0 spiro atoms. The maximum absolute atomic E-state index is 6.00. The van der Waals surface area contributed by atoms with Gasteiger partial charge in [0.1, 0.15) is 18.5 Å². The van der Waals surface area contributed by atoms with Gasteiger partial charge in [0.2, 0.25) is 0 Å². The normalized spacial score (nSPS) is 18.6. The molecule has 1 atom stereocenters. The molecule has 0 radical (unpaired) electrons. The molecule has 2 N–H and O–H groups in total.